The quantitative estimate of drug-likeness (QED) is 0.470. The van der Waals surface area contributed by atoms with Gasteiger partial charge in [-0.05, 0) is 47.7 Å². The maximum absolute atomic E-state index is 12.9. The lowest BCUT2D eigenvalue weighted by Crippen LogP contribution is -3.00. The molecule has 1 unspecified atom stereocenters. The second kappa shape index (κ2) is 10.5. The van der Waals surface area contributed by atoms with E-state index in [1.807, 2.05) is 36.4 Å². The third kappa shape index (κ3) is 6.68. The van der Waals surface area contributed by atoms with E-state index in [1.165, 1.54) is 0 Å². The zero-order valence-electron chi connectivity index (χ0n) is 20.5. The third-order valence-corrected chi connectivity index (χ3v) is 6.07. The Balaban J connectivity index is 0.00000385. The van der Waals surface area contributed by atoms with Crippen molar-refractivity contribution in [1.29, 1.82) is 0 Å². The second-order valence-electron chi connectivity index (χ2n) is 10.1. The van der Waals surface area contributed by atoms with Crippen LogP contribution in [0.5, 0.6) is 5.75 Å². The smallest absolute Gasteiger partial charge is 0.222 e. The first-order valence-corrected chi connectivity index (χ1v) is 11.2. The number of phenolic OH excluding ortho intramolecular Hbond substituents is 1. The summed E-state index contributed by atoms with van der Waals surface area (Å²) in [6, 6.07) is 12.8. The molecule has 33 heavy (non-hydrogen) atoms. The third-order valence-electron chi connectivity index (χ3n) is 6.07. The monoisotopic (exact) mass is 473 g/mol. The number of phenols is 1. The van der Waals surface area contributed by atoms with Crippen molar-refractivity contribution in [1.82, 2.24) is 20.3 Å². The normalized spacial score (nSPS) is 12.9. The van der Waals surface area contributed by atoms with E-state index in [9.17, 15) is 9.90 Å². The molecule has 0 aliphatic carbocycles. The topological polar surface area (TPSA) is 80.0 Å². The van der Waals surface area contributed by atoms with Gasteiger partial charge in [-0.15, -0.1) is 0 Å². The van der Waals surface area contributed by atoms with Gasteiger partial charge >= 0.3 is 0 Å². The van der Waals surface area contributed by atoms with Crippen molar-refractivity contribution in [3.8, 4) is 5.75 Å². The van der Waals surface area contributed by atoms with E-state index in [0.717, 1.165) is 39.7 Å². The first-order valence-electron chi connectivity index (χ1n) is 11.2. The Labute approximate surface area is 202 Å². The molecule has 0 aliphatic heterocycles. The van der Waals surface area contributed by atoms with Crippen LogP contribution in [0, 0.1) is 0 Å². The molecular formula is C25H36ClN5O2. The van der Waals surface area contributed by atoms with Crippen LogP contribution in [0.2, 0.25) is 0 Å². The zero-order chi connectivity index (χ0) is 23.5. The molecule has 0 fully saturated rings. The predicted octanol–water partition coefficient (Wildman–Crippen LogP) is 0.630. The van der Waals surface area contributed by atoms with Crippen LogP contribution in [-0.4, -0.2) is 64.2 Å². The summed E-state index contributed by atoms with van der Waals surface area (Å²) >= 11 is 0. The summed E-state index contributed by atoms with van der Waals surface area (Å²) in [6.45, 7) is 10.8. The molecule has 0 bridgehead atoms. The van der Waals surface area contributed by atoms with Crippen LogP contribution in [0.25, 0.3) is 11.0 Å². The number of aromatic hydroxyl groups is 1. The number of quaternary nitrogens is 1. The summed E-state index contributed by atoms with van der Waals surface area (Å²) < 4.78 is 0.850. The summed E-state index contributed by atoms with van der Waals surface area (Å²) in [5, 5.41) is 22.8. The molecule has 0 aliphatic rings. The van der Waals surface area contributed by atoms with Gasteiger partial charge < -0.3 is 27.3 Å². The number of rotatable bonds is 8. The van der Waals surface area contributed by atoms with Crippen LogP contribution < -0.4 is 17.7 Å². The van der Waals surface area contributed by atoms with Gasteiger partial charge in [0.05, 0.1) is 40.2 Å². The highest BCUT2D eigenvalue weighted by Gasteiger charge is 2.25. The zero-order valence-corrected chi connectivity index (χ0v) is 21.2. The van der Waals surface area contributed by atoms with Gasteiger partial charge in [0, 0.05) is 0 Å². The van der Waals surface area contributed by atoms with Crippen molar-refractivity contribution in [2.24, 2.45) is 0 Å². The van der Waals surface area contributed by atoms with Crippen molar-refractivity contribution < 1.29 is 26.8 Å². The van der Waals surface area contributed by atoms with Crippen molar-refractivity contribution in [3.05, 3.63) is 53.6 Å². The number of hydrogen-bond acceptors (Lipinski definition) is 4. The average molecular weight is 474 g/mol. The summed E-state index contributed by atoms with van der Waals surface area (Å²) in [6.07, 6.45) is 0.217. The molecule has 3 rings (SSSR count). The van der Waals surface area contributed by atoms with Gasteiger partial charge in [0.2, 0.25) is 5.91 Å². The predicted molar refractivity (Wildman–Crippen MR) is 128 cm³/mol. The standard InChI is InChI=1S/C25H35N5O2.ClH/c1-7-30(5,6)15-14-26-24(32)17-22(29-27-20-10-8-9-11-21(20)28-29)18-12-13-23(31)19(16-18)25(2,3)4;/h8-13,16,22H,7,14-15,17H2,1-6H3,(H-,26,31,32);1H. The number of aromatic nitrogens is 3. The van der Waals surface area contributed by atoms with Crippen molar-refractivity contribution >= 4 is 16.9 Å². The summed E-state index contributed by atoms with van der Waals surface area (Å²) in [4.78, 5) is 14.5. The Morgan fingerprint density at radius 3 is 2.27 bits per heavy atom. The molecule has 8 heteroatoms. The number of likely N-dealkylation sites (N-methyl/N-ethyl adjacent to an activating group) is 1. The number of halogens is 1. The van der Waals surface area contributed by atoms with Gasteiger partial charge in [-0.3, -0.25) is 4.79 Å². The molecule has 2 aromatic carbocycles. The number of amides is 1. The van der Waals surface area contributed by atoms with Gasteiger partial charge in [0.15, 0.2) is 0 Å². The Morgan fingerprint density at radius 1 is 1.12 bits per heavy atom. The number of nitrogens with one attached hydrogen (secondary N) is 1. The van der Waals surface area contributed by atoms with Gasteiger partial charge in [-0.25, -0.2) is 0 Å². The Morgan fingerprint density at radius 2 is 1.73 bits per heavy atom. The molecule has 0 radical (unpaired) electrons. The molecule has 1 heterocycles. The van der Waals surface area contributed by atoms with Gasteiger partial charge in [0.1, 0.15) is 22.8 Å². The number of carbonyl (C=O) groups excluding carboxylic acids is 1. The highest BCUT2D eigenvalue weighted by molar-refractivity contribution is 5.77. The number of carbonyl (C=O) groups is 1. The lowest BCUT2D eigenvalue weighted by molar-refractivity contribution is -0.887. The number of fused-ring (bicyclic) bond motifs is 1. The van der Waals surface area contributed by atoms with E-state index >= 15 is 0 Å². The van der Waals surface area contributed by atoms with Crippen molar-refractivity contribution in [2.45, 2.75) is 45.6 Å². The highest BCUT2D eigenvalue weighted by atomic mass is 35.5. The number of nitrogens with zero attached hydrogens (tertiary/aromatic N) is 4. The molecule has 0 saturated heterocycles. The lowest BCUT2D eigenvalue weighted by Gasteiger charge is -2.28. The first-order chi connectivity index (χ1) is 15.0. The second-order valence-corrected chi connectivity index (χ2v) is 10.1. The van der Waals surface area contributed by atoms with E-state index in [1.54, 1.807) is 10.9 Å². The van der Waals surface area contributed by atoms with Crippen LogP contribution in [0.3, 0.4) is 0 Å². The molecule has 0 saturated carbocycles. The van der Waals surface area contributed by atoms with E-state index < -0.39 is 0 Å². The molecule has 7 nitrogen and oxygen atoms in total. The maximum Gasteiger partial charge on any atom is 0.222 e. The minimum absolute atomic E-state index is 0. The summed E-state index contributed by atoms with van der Waals surface area (Å²) in [5.74, 6) is 0.209. The van der Waals surface area contributed by atoms with Crippen molar-refractivity contribution in [2.75, 3.05) is 33.7 Å². The first kappa shape index (κ1) is 26.6. The van der Waals surface area contributed by atoms with Gasteiger partial charge in [-0.2, -0.15) is 15.0 Å². The number of benzene rings is 2. The van der Waals surface area contributed by atoms with Crippen LogP contribution in [0.15, 0.2) is 42.5 Å². The molecule has 180 valence electrons. The summed E-state index contributed by atoms with van der Waals surface area (Å²) in [5.41, 5.74) is 3.06. The lowest BCUT2D eigenvalue weighted by atomic mass is 9.84. The van der Waals surface area contributed by atoms with E-state index in [4.69, 9.17) is 0 Å². The highest BCUT2D eigenvalue weighted by Crippen LogP contribution is 2.34. The van der Waals surface area contributed by atoms with E-state index in [0.29, 0.717) is 6.54 Å². The average Bonchev–Trinajstić information content (AvgIpc) is 3.15. The fourth-order valence-corrected chi connectivity index (χ4v) is 3.61. The maximum atomic E-state index is 12.9. The number of hydrogen-bond donors (Lipinski definition) is 2. The van der Waals surface area contributed by atoms with Crippen LogP contribution in [0.4, 0.5) is 0 Å². The molecule has 3 aromatic rings. The van der Waals surface area contributed by atoms with E-state index in [-0.39, 0.29) is 41.9 Å². The molecule has 2 N–H and O–H groups in total. The fraction of sp³-hybridized carbons (Fsp3) is 0.480. The van der Waals surface area contributed by atoms with Crippen molar-refractivity contribution in [3.63, 3.8) is 0 Å². The van der Waals surface area contributed by atoms with Crippen LogP contribution >= 0.6 is 0 Å². The minimum Gasteiger partial charge on any atom is -1.00 e. The molecular weight excluding hydrogens is 438 g/mol. The molecule has 0 spiro atoms. The molecule has 1 aromatic heterocycles. The largest absolute Gasteiger partial charge is 1.00 e. The van der Waals surface area contributed by atoms with Gasteiger partial charge in [-0.1, -0.05) is 39.0 Å². The fourth-order valence-electron chi connectivity index (χ4n) is 3.61. The Hall–Kier alpha value is -2.64. The SMILES string of the molecule is CC[N+](C)(C)CCNC(=O)CC(c1ccc(O)c(C(C)(C)C)c1)n1nc2ccccc2n1.[Cl-]. The Kier molecular flexibility index (Phi) is 8.49. The van der Waals surface area contributed by atoms with Gasteiger partial charge in [0.25, 0.3) is 0 Å². The Bertz CT molecular complexity index is 1050. The summed E-state index contributed by atoms with van der Waals surface area (Å²) in [7, 11) is 4.30. The van der Waals surface area contributed by atoms with Crippen LogP contribution in [0.1, 0.15) is 51.3 Å². The molecule has 1 atom stereocenters. The molecule has 1 amide bonds. The van der Waals surface area contributed by atoms with Crippen LogP contribution in [-0.2, 0) is 10.2 Å². The van der Waals surface area contributed by atoms with E-state index in [2.05, 4.69) is 57.3 Å². The minimum atomic E-state index is -0.377.